The second kappa shape index (κ2) is 8.82. The molecule has 4 aromatic rings. The van der Waals surface area contributed by atoms with Crippen LogP contribution >= 0.6 is 0 Å². The topological polar surface area (TPSA) is 85.5 Å². The first-order chi connectivity index (χ1) is 16.4. The molecule has 2 aromatic carbocycles. The Bertz CT molecular complexity index is 1320. The molecule has 8 nitrogen and oxygen atoms in total. The highest BCUT2D eigenvalue weighted by Crippen LogP contribution is 2.30. The zero-order valence-electron chi connectivity index (χ0n) is 17.9. The number of phenols is 1. The summed E-state index contributed by atoms with van der Waals surface area (Å²) < 4.78 is 49.1. The number of halogens is 3. The van der Waals surface area contributed by atoms with Gasteiger partial charge in [0.05, 0.1) is 26.1 Å². The average molecular weight is 471 g/mol. The number of benzene rings is 2. The molecule has 1 aliphatic rings. The van der Waals surface area contributed by atoms with Gasteiger partial charge in [0.15, 0.2) is 5.65 Å². The van der Waals surface area contributed by atoms with Gasteiger partial charge in [-0.25, -0.2) is 9.97 Å². The number of hydrogen-bond donors (Lipinski definition) is 1. The Kier molecular flexibility index (Phi) is 5.70. The fraction of sp³-hybridized carbons (Fsp3) is 0.261. The number of aromatic hydroxyl groups is 1. The number of imidazole rings is 1. The van der Waals surface area contributed by atoms with Crippen LogP contribution in [0, 0.1) is 0 Å². The van der Waals surface area contributed by atoms with Gasteiger partial charge >= 0.3 is 6.36 Å². The fourth-order valence-corrected chi connectivity index (χ4v) is 3.85. The maximum Gasteiger partial charge on any atom is 0.573 e. The van der Waals surface area contributed by atoms with Gasteiger partial charge in [-0.2, -0.15) is 4.98 Å². The number of alkyl halides is 3. The van der Waals surface area contributed by atoms with Gasteiger partial charge in [0.25, 0.3) is 0 Å². The normalized spacial score (nSPS) is 14.5. The molecule has 1 N–H and O–H groups in total. The summed E-state index contributed by atoms with van der Waals surface area (Å²) in [5.74, 6) is 0.293. The highest BCUT2D eigenvalue weighted by atomic mass is 19.4. The molecule has 34 heavy (non-hydrogen) atoms. The van der Waals surface area contributed by atoms with Crippen LogP contribution in [-0.2, 0) is 11.3 Å². The Labute approximate surface area is 192 Å². The summed E-state index contributed by atoms with van der Waals surface area (Å²) in [4.78, 5) is 16.0. The monoisotopic (exact) mass is 471 g/mol. The van der Waals surface area contributed by atoms with Crippen molar-refractivity contribution in [1.29, 1.82) is 0 Å². The number of fused-ring (bicyclic) bond motifs is 1. The Hall–Kier alpha value is -3.86. The largest absolute Gasteiger partial charge is 0.573 e. The van der Waals surface area contributed by atoms with Crippen LogP contribution in [0.3, 0.4) is 0 Å². The lowest BCUT2D eigenvalue weighted by Crippen LogP contribution is -2.37. The van der Waals surface area contributed by atoms with E-state index in [2.05, 4.69) is 9.72 Å². The second-order valence-corrected chi connectivity index (χ2v) is 7.76. The molecule has 176 valence electrons. The van der Waals surface area contributed by atoms with Crippen LogP contribution in [0.2, 0.25) is 0 Å². The van der Waals surface area contributed by atoms with E-state index in [1.165, 1.54) is 18.2 Å². The van der Waals surface area contributed by atoms with Crippen LogP contribution in [0.5, 0.6) is 11.5 Å². The van der Waals surface area contributed by atoms with Crippen LogP contribution in [0.15, 0.2) is 54.9 Å². The maximum atomic E-state index is 12.6. The zero-order chi connectivity index (χ0) is 23.7. The van der Waals surface area contributed by atoms with Crippen molar-refractivity contribution in [2.24, 2.45) is 0 Å². The summed E-state index contributed by atoms with van der Waals surface area (Å²) in [6.07, 6.45) is -3.19. The number of anilines is 1. The van der Waals surface area contributed by atoms with Gasteiger partial charge in [-0.1, -0.05) is 24.3 Å². The minimum Gasteiger partial charge on any atom is -0.508 e. The minimum absolute atomic E-state index is 0.0955. The number of aromatic nitrogens is 4. The summed E-state index contributed by atoms with van der Waals surface area (Å²) in [7, 11) is 0. The van der Waals surface area contributed by atoms with Gasteiger partial charge in [-0.05, 0) is 29.8 Å². The van der Waals surface area contributed by atoms with Crippen molar-refractivity contribution in [3.63, 3.8) is 0 Å². The van der Waals surface area contributed by atoms with Crippen LogP contribution in [0.1, 0.15) is 5.56 Å². The molecule has 2 aromatic heterocycles. The standard InChI is InChI=1S/C23H20F3N5O3/c24-23(25,26)34-18-6-1-3-15(11-18)13-31-14-27-20-19(16-4-2-5-17(32)12-16)28-22(29-21(20)31)30-7-9-33-10-8-30/h1-6,11-12,14,32H,7-10,13H2. The average Bonchev–Trinajstić information content (AvgIpc) is 3.21. The van der Waals surface area contributed by atoms with Crippen molar-refractivity contribution >= 4 is 17.1 Å². The Morgan fingerprint density at radius 3 is 2.59 bits per heavy atom. The van der Waals surface area contributed by atoms with Crippen LogP contribution in [0.25, 0.3) is 22.4 Å². The molecule has 3 heterocycles. The van der Waals surface area contributed by atoms with E-state index < -0.39 is 6.36 Å². The number of phenolic OH excluding ortho intramolecular Hbond substituents is 1. The first-order valence-corrected chi connectivity index (χ1v) is 10.6. The minimum atomic E-state index is -4.77. The molecule has 0 saturated carbocycles. The van der Waals surface area contributed by atoms with E-state index in [-0.39, 0.29) is 18.0 Å². The predicted molar refractivity (Wildman–Crippen MR) is 118 cm³/mol. The zero-order valence-corrected chi connectivity index (χ0v) is 17.9. The molecule has 11 heteroatoms. The van der Waals surface area contributed by atoms with E-state index in [0.29, 0.717) is 60.2 Å². The molecule has 0 amide bonds. The lowest BCUT2D eigenvalue weighted by molar-refractivity contribution is -0.274. The number of morpholine rings is 1. The quantitative estimate of drug-likeness (QED) is 0.471. The van der Waals surface area contributed by atoms with Gasteiger partial charge in [-0.3, -0.25) is 0 Å². The van der Waals surface area contributed by atoms with E-state index in [0.717, 1.165) is 0 Å². The molecule has 0 bridgehead atoms. The Morgan fingerprint density at radius 1 is 1.03 bits per heavy atom. The van der Waals surface area contributed by atoms with Crippen molar-refractivity contribution in [3.05, 3.63) is 60.4 Å². The molecule has 0 radical (unpaired) electrons. The van der Waals surface area contributed by atoms with Crippen molar-refractivity contribution in [2.75, 3.05) is 31.2 Å². The molecule has 1 aliphatic heterocycles. The number of hydrogen-bond acceptors (Lipinski definition) is 7. The smallest absolute Gasteiger partial charge is 0.508 e. The van der Waals surface area contributed by atoms with Gasteiger partial charge < -0.3 is 24.0 Å². The highest BCUT2D eigenvalue weighted by Gasteiger charge is 2.31. The van der Waals surface area contributed by atoms with Gasteiger partial charge in [0, 0.05) is 18.7 Å². The van der Waals surface area contributed by atoms with Crippen molar-refractivity contribution in [3.8, 4) is 22.8 Å². The second-order valence-electron chi connectivity index (χ2n) is 7.76. The van der Waals surface area contributed by atoms with E-state index in [1.807, 2.05) is 11.0 Å². The molecule has 0 aliphatic carbocycles. The van der Waals surface area contributed by atoms with Gasteiger partial charge in [0.1, 0.15) is 22.7 Å². The number of ether oxygens (including phenoxy) is 2. The van der Waals surface area contributed by atoms with Crippen LogP contribution in [-0.4, -0.2) is 57.3 Å². The van der Waals surface area contributed by atoms with Crippen molar-refractivity contribution < 1.29 is 27.8 Å². The molecule has 0 spiro atoms. The lowest BCUT2D eigenvalue weighted by atomic mass is 10.1. The molecular weight excluding hydrogens is 451 g/mol. The molecule has 0 unspecified atom stereocenters. The summed E-state index contributed by atoms with van der Waals surface area (Å²) >= 11 is 0. The van der Waals surface area contributed by atoms with Gasteiger partial charge in [-0.15, -0.1) is 13.2 Å². The molecule has 1 saturated heterocycles. The number of nitrogens with zero attached hydrogens (tertiary/aromatic N) is 5. The number of rotatable bonds is 5. The van der Waals surface area contributed by atoms with E-state index in [1.54, 1.807) is 35.2 Å². The van der Waals surface area contributed by atoms with E-state index in [4.69, 9.17) is 14.7 Å². The van der Waals surface area contributed by atoms with E-state index in [9.17, 15) is 18.3 Å². The van der Waals surface area contributed by atoms with Crippen molar-refractivity contribution in [1.82, 2.24) is 19.5 Å². The fourth-order valence-electron chi connectivity index (χ4n) is 3.85. The third kappa shape index (κ3) is 4.74. The summed E-state index contributed by atoms with van der Waals surface area (Å²) in [5.41, 5.74) is 2.86. The Morgan fingerprint density at radius 2 is 1.82 bits per heavy atom. The third-order valence-corrected chi connectivity index (χ3v) is 5.35. The molecule has 1 fully saturated rings. The first-order valence-electron chi connectivity index (χ1n) is 10.6. The summed E-state index contributed by atoms with van der Waals surface area (Å²) in [6.45, 7) is 2.57. The van der Waals surface area contributed by atoms with Crippen LogP contribution < -0.4 is 9.64 Å². The summed E-state index contributed by atoms with van der Waals surface area (Å²) in [5, 5.41) is 9.98. The predicted octanol–water partition coefficient (Wildman–Crippen LogP) is 3.98. The lowest BCUT2D eigenvalue weighted by Gasteiger charge is -2.27. The molecule has 0 atom stereocenters. The molecule has 5 rings (SSSR count). The van der Waals surface area contributed by atoms with Gasteiger partial charge in [0.2, 0.25) is 5.95 Å². The Balaban J connectivity index is 1.57. The summed E-state index contributed by atoms with van der Waals surface area (Å²) in [6, 6.07) is 12.5. The SMILES string of the molecule is Oc1cccc(-c2nc(N3CCOCC3)nc3c2ncn3Cc2cccc(OC(F)(F)F)c2)c1. The molecular formula is C23H20F3N5O3. The highest BCUT2D eigenvalue weighted by molar-refractivity contribution is 5.88. The van der Waals surface area contributed by atoms with Crippen molar-refractivity contribution in [2.45, 2.75) is 12.9 Å². The van der Waals surface area contributed by atoms with Crippen LogP contribution in [0.4, 0.5) is 19.1 Å². The third-order valence-electron chi connectivity index (χ3n) is 5.35. The van der Waals surface area contributed by atoms with E-state index >= 15 is 0 Å². The first kappa shape index (κ1) is 22.0. The maximum absolute atomic E-state index is 12.6.